The highest BCUT2D eigenvalue weighted by molar-refractivity contribution is 5.97. The van der Waals surface area contributed by atoms with Crippen LogP contribution in [-0.4, -0.2) is 46.0 Å². The second-order valence-electron chi connectivity index (χ2n) is 9.20. The van der Waals surface area contributed by atoms with Crippen LogP contribution in [0.5, 0.6) is 0 Å². The summed E-state index contributed by atoms with van der Waals surface area (Å²) in [6, 6.07) is 21.6. The molecule has 3 saturated heterocycles. The molecule has 2 bridgehead atoms. The van der Waals surface area contributed by atoms with Crippen molar-refractivity contribution < 1.29 is 9.90 Å². The number of aromatic nitrogens is 1. The Kier molecular flexibility index (Phi) is 6.09. The molecule has 3 fully saturated rings. The van der Waals surface area contributed by atoms with Gasteiger partial charge in [-0.15, -0.1) is 0 Å². The van der Waals surface area contributed by atoms with Gasteiger partial charge in [-0.2, -0.15) is 0 Å². The molecule has 0 aliphatic carbocycles. The number of fused-ring (bicyclic) bond motifs is 3. The molecule has 4 heterocycles. The van der Waals surface area contributed by atoms with Crippen LogP contribution in [0.25, 0.3) is 0 Å². The van der Waals surface area contributed by atoms with Crippen LogP contribution >= 0.6 is 0 Å². The van der Waals surface area contributed by atoms with Gasteiger partial charge in [0, 0.05) is 37.1 Å². The lowest BCUT2D eigenvalue weighted by molar-refractivity contribution is -0.0713. The summed E-state index contributed by atoms with van der Waals surface area (Å²) in [6.07, 6.45) is 4.72. The Morgan fingerprint density at radius 2 is 1.73 bits per heavy atom. The quantitative estimate of drug-likeness (QED) is 0.487. The summed E-state index contributed by atoms with van der Waals surface area (Å²) in [7, 11) is 0. The fourth-order valence-corrected chi connectivity index (χ4v) is 4.98. The van der Waals surface area contributed by atoms with Crippen molar-refractivity contribution in [3.63, 3.8) is 0 Å². The van der Waals surface area contributed by atoms with Gasteiger partial charge in [0.1, 0.15) is 11.3 Å². The third-order valence-electron chi connectivity index (χ3n) is 6.85. The third-order valence-corrected chi connectivity index (χ3v) is 6.85. The zero-order valence-electron chi connectivity index (χ0n) is 18.7. The molecular formula is C29H28N2O2. The summed E-state index contributed by atoms with van der Waals surface area (Å²) in [4.78, 5) is 19.7. The Morgan fingerprint density at radius 3 is 2.39 bits per heavy atom. The van der Waals surface area contributed by atoms with Crippen molar-refractivity contribution in [3.8, 4) is 11.8 Å². The average molecular weight is 437 g/mol. The van der Waals surface area contributed by atoms with Crippen LogP contribution in [0.3, 0.4) is 0 Å². The predicted molar refractivity (Wildman–Crippen MR) is 129 cm³/mol. The van der Waals surface area contributed by atoms with E-state index < -0.39 is 5.60 Å². The van der Waals surface area contributed by atoms with Crippen molar-refractivity contribution in [1.82, 2.24) is 9.88 Å². The number of ketones is 1. The molecule has 2 aromatic carbocycles. The van der Waals surface area contributed by atoms with Crippen molar-refractivity contribution >= 4 is 5.78 Å². The lowest BCUT2D eigenvalue weighted by atomic mass is 9.76. The Hall–Kier alpha value is -3.26. The molecule has 0 saturated carbocycles. The highest BCUT2D eigenvalue weighted by Gasteiger charge is 2.44. The molecule has 3 aliphatic rings. The number of carbonyl (C=O) groups is 1. The number of Topliss-reactive ketones (excluding diaryl/α,β-unsaturated/α-hetero) is 1. The van der Waals surface area contributed by atoms with E-state index >= 15 is 0 Å². The Morgan fingerprint density at radius 1 is 1.03 bits per heavy atom. The molecule has 4 nitrogen and oxygen atoms in total. The van der Waals surface area contributed by atoms with E-state index in [9.17, 15) is 9.90 Å². The summed E-state index contributed by atoms with van der Waals surface area (Å²) in [5, 5.41) is 11.2. The first-order chi connectivity index (χ1) is 16.1. The summed E-state index contributed by atoms with van der Waals surface area (Å²) >= 11 is 0. The fraction of sp³-hybridized carbons (Fsp3) is 0.310. The van der Waals surface area contributed by atoms with Gasteiger partial charge in [-0.1, -0.05) is 72.7 Å². The zero-order valence-corrected chi connectivity index (χ0v) is 18.7. The number of rotatable bonds is 5. The van der Waals surface area contributed by atoms with E-state index in [4.69, 9.17) is 0 Å². The molecule has 4 heteroatoms. The van der Waals surface area contributed by atoms with Crippen molar-refractivity contribution in [2.24, 2.45) is 5.92 Å². The van der Waals surface area contributed by atoms with Gasteiger partial charge in [0.05, 0.1) is 0 Å². The maximum Gasteiger partial charge on any atom is 0.167 e. The fourth-order valence-electron chi connectivity index (χ4n) is 4.98. The van der Waals surface area contributed by atoms with Crippen LogP contribution in [0.2, 0.25) is 0 Å². The maximum absolute atomic E-state index is 12.7. The molecular weight excluding hydrogens is 408 g/mol. The SMILES string of the molecule is O=C(Cc1cnc(C#CC2(O)CN3CCC2CC3)c(Cc2ccccc2)c1)c1ccccc1. The number of hydrogen-bond donors (Lipinski definition) is 1. The van der Waals surface area contributed by atoms with Gasteiger partial charge in [0.2, 0.25) is 0 Å². The number of pyridine rings is 1. The number of aliphatic hydroxyl groups is 1. The van der Waals surface area contributed by atoms with E-state index in [0.717, 1.165) is 42.6 Å². The topological polar surface area (TPSA) is 53.4 Å². The molecule has 0 amide bonds. The average Bonchev–Trinajstić information content (AvgIpc) is 2.85. The van der Waals surface area contributed by atoms with Crippen LogP contribution in [0.15, 0.2) is 72.9 Å². The van der Waals surface area contributed by atoms with E-state index in [0.29, 0.717) is 30.6 Å². The Labute approximate surface area is 195 Å². The van der Waals surface area contributed by atoms with E-state index in [1.54, 1.807) is 6.20 Å². The van der Waals surface area contributed by atoms with E-state index in [2.05, 4.69) is 33.9 Å². The highest BCUT2D eigenvalue weighted by atomic mass is 16.3. The zero-order chi connectivity index (χ0) is 22.7. The van der Waals surface area contributed by atoms with Gasteiger partial charge in [0.25, 0.3) is 0 Å². The van der Waals surface area contributed by atoms with Gasteiger partial charge in [-0.3, -0.25) is 9.69 Å². The number of benzene rings is 2. The molecule has 1 atom stereocenters. The lowest BCUT2D eigenvalue weighted by Crippen LogP contribution is -2.58. The minimum absolute atomic E-state index is 0.0727. The molecule has 1 N–H and O–H groups in total. The molecule has 33 heavy (non-hydrogen) atoms. The van der Waals surface area contributed by atoms with E-state index in [1.807, 2.05) is 54.6 Å². The van der Waals surface area contributed by atoms with Gasteiger partial charge >= 0.3 is 0 Å². The molecule has 3 aromatic rings. The molecule has 1 aromatic heterocycles. The van der Waals surface area contributed by atoms with E-state index in [1.165, 1.54) is 0 Å². The molecule has 6 rings (SSSR count). The summed E-state index contributed by atoms with van der Waals surface area (Å²) in [6.45, 7) is 2.72. The Bertz CT molecular complexity index is 1190. The molecule has 166 valence electrons. The first-order valence-electron chi connectivity index (χ1n) is 11.7. The maximum atomic E-state index is 12.7. The smallest absolute Gasteiger partial charge is 0.167 e. The number of carbonyl (C=O) groups excluding carboxylic acids is 1. The summed E-state index contributed by atoms with van der Waals surface area (Å²) in [5.41, 5.74) is 3.44. The number of nitrogens with zero attached hydrogens (tertiary/aromatic N) is 2. The van der Waals surface area contributed by atoms with Crippen molar-refractivity contribution in [2.75, 3.05) is 19.6 Å². The second kappa shape index (κ2) is 9.31. The van der Waals surface area contributed by atoms with Crippen molar-refractivity contribution in [2.45, 2.75) is 31.3 Å². The van der Waals surface area contributed by atoms with Crippen LogP contribution in [0, 0.1) is 17.8 Å². The van der Waals surface area contributed by atoms with Crippen LogP contribution in [0.1, 0.15) is 45.6 Å². The minimum Gasteiger partial charge on any atom is -0.376 e. The van der Waals surface area contributed by atoms with Gasteiger partial charge in [0.15, 0.2) is 5.78 Å². The standard InChI is InChI=1S/C29H28N2O2/c32-28(24-9-5-2-6-10-24)19-23-18-25(17-22-7-3-1-4-8-22)27(30-20-23)11-14-29(33)21-31-15-12-26(29)13-16-31/h1-10,18,20,26,33H,12-13,15-17,19,21H2. The van der Waals surface area contributed by atoms with Crippen molar-refractivity contribution in [3.05, 3.63) is 101 Å². The van der Waals surface area contributed by atoms with E-state index in [-0.39, 0.29) is 11.7 Å². The van der Waals surface area contributed by atoms with Crippen molar-refractivity contribution in [1.29, 1.82) is 0 Å². The van der Waals surface area contributed by atoms with Gasteiger partial charge in [-0.05, 0) is 48.5 Å². The minimum atomic E-state index is -0.968. The van der Waals surface area contributed by atoms with Crippen LogP contribution in [0.4, 0.5) is 0 Å². The monoisotopic (exact) mass is 436 g/mol. The first kappa shape index (κ1) is 21.6. The molecule has 0 radical (unpaired) electrons. The highest BCUT2D eigenvalue weighted by Crippen LogP contribution is 2.35. The van der Waals surface area contributed by atoms with Gasteiger partial charge < -0.3 is 5.11 Å². The number of piperidine rings is 3. The van der Waals surface area contributed by atoms with Crippen LogP contribution < -0.4 is 0 Å². The molecule has 3 aliphatic heterocycles. The second-order valence-corrected chi connectivity index (χ2v) is 9.20. The normalized spacial score (nSPS) is 23.5. The van der Waals surface area contributed by atoms with Gasteiger partial charge in [-0.25, -0.2) is 4.98 Å². The molecule has 1 unspecified atom stereocenters. The third kappa shape index (κ3) is 4.90. The largest absolute Gasteiger partial charge is 0.376 e. The van der Waals surface area contributed by atoms with Crippen LogP contribution in [-0.2, 0) is 12.8 Å². The lowest BCUT2D eigenvalue weighted by Gasteiger charge is -2.47. The summed E-state index contributed by atoms with van der Waals surface area (Å²) in [5.74, 6) is 6.72. The molecule has 0 spiro atoms. The Balaban J connectivity index is 1.44. The first-order valence-corrected chi connectivity index (χ1v) is 11.7. The number of hydrogen-bond acceptors (Lipinski definition) is 4. The predicted octanol–water partition coefficient (Wildman–Crippen LogP) is 3.91. The summed E-state index contributed by atoms with van der Waals surface area (Å²) < 4.78 is 0.